The van der Waals surface area contributed by atoms with Gasteiger partial charge in [-0.3, -0.25) is 0 Å². The average Bonchev–Trinajstić information content (AvgIpc) is 2.95. The Morgan fingerprint density at radius 1 is 1.16 bits per heavy atom. The highest BCUT2D eigenvalue weighted by Crippen LogP contribution is 2.29. The summed E-state index contributed by atoms with van der Waals surface area (Å²) in [5, 5.41) is 0.382. The number of methoxy groups -OCH3 is 2. The summed E-state index contributed by atoms with van der Waals surface area (Å²) in [6.07, 6.45) is 1.61. The maximum atomic E-state index is 12.2. The van der Waals surface area contributed by atoms with Crippen molar-refractivity contribution in [2.75, 3.05) is 14.2 Å². The molecule has 2 aromatic rings. The number of rotatable bonds is 4. The zero-order valence-electron chi connectivity index (χ0n) is 13.4. The van der Waals surface area contributed by atoms with Gasteiger partial charge in [-0.15, -0.1) is 0 Å². The van der Waals surface area contributed by atoms with Crippen molar-refractivity contribution in [2.24, 2.45) is 4.99 Å². The van der Waals surface area contributed by atoms with Crippen LogP contribution in [0.5, 0.6) is 11.5 Å². The molecule has 2 aromatic carbocycles. The lowest BCUT2D eigenvalue weighted by Gasteiger charge is -2.05. The molecule has 1 heterocycles. The Bertz CT molecular complexity index is 908. The normalized spacial score (nSPS) is 15.1. The quantitative estimate of drug-likeness (QED) is 0.539. The summed E-state index contributed by atoms with van der Waals surface area (Å²) in [5.41, 5.74) is 1.38. The molecule has 7 heteroatoms. The predicted octanol–water partition coefficient (Wildman–Crippen LogP) is 4.46. The molecule has 5 nitrogen and oxygen atoms in total. The molecule has 0 N–H and O–H groups in total. The van der Waals surface area contributed by atoms with Gasteiger partial charge in [-0.1, -0.05) is 27.5 Å². The number of hydrogen-bond acceptors (Lipinski definition) is 5. The van der Waals surface area contributed by atoms with Gasteiger partial charge < -0.3 is 14.2 Å². The number of nitrogens with zero attached hydrogens (tertiary/aromatic N) is 1. The zero-order chi connectivity index (χ0) is 18.0. The van der Waals surface area contributed by atoms with Crippen molar-refractivity contribution in [3.05, 3.63) is 62.7 Å². The van der Waals surface area contributed by atoms with E-state index in [0.717, 1.165) is 4.47 Å². The van der Waals surface area contributed by atoms with Gasteiger partial charge in [0.2, 0.25) is 5.90 Å². The number of halogens is 2. The molecule has 0 spiro atoms. The van der Waals surface area contributed by atoms with E-state index in [4.69, 9.17) is 25.8 Å². The Kier molecular flexibility index (Phi) is 5.11. The first kappa shape index (κ1) is 17.5. The van der Waals surface area contributed by atoms with Crippen LogP contribution in [0, 0.1) is 0 Å². The van der Waals surface area contributed by atoms with Crippen LogP contribution < -0.4 is 9.47 Å². The fraction of sp³-hybridized carbons (Fsp3) is 0.111. The van der Waals surface area contributed by atoms with E-state index in [2.05, 4.69) is 20.9 Å². The molecule has 0 unspecified atom stereocenters. The van der Waals surface area contributed by atoms with Crippen molar-refractivity contribution >= 4 is 45.5 Å². The Hall–Kier alpha value is -2.31. The van der Waals surface area contributed by atoms with Crippen molar-refractivity contribution < 1.29 is 19.0 Å². The van der Waals surface area contributed by atoms with Crippen LogP contribution in [-0.4, -0.2) is 26.1 Å². The minimum Gasteiger partial charge on any atom is -0.497 e. The first-order chi connectivity index (χ1) is 12.0. The van der Waals surface area contributed by atoms with Crippen molar-refractivity contribution in [1.29, 1.82) is 0 Å². The third kappa shape index (κ3) is 3.70. The molecule has 25 heavy (non-hydrogen) atoms. The first-order valence-corrected chi connectivity index (χ1v) is 8.39. The standard InChI is InChI=1S/C18H13BrClNO4/c1-23-12-4-5-13(14(20)9-12)17-21-15(18(22)25-17)8-10-7-11(19)3-6-16(10)24-2/h3-9H,1-2H3/b15-8-. The van der Waals surface area contributed by atoms with E-state index in [1.54, 1.807) is 44.6 Å². The molecule has 0 atom stereocenters. The van der Waals surface area contributed by atoms with Crippen molar-refractivity contribution in [1.82, 2.24) is 0 Å². The summed E-state index contributed by atoms with van der Waals surface area (Å²) in [6, 6.07) is 10.5. The van der Waals surface area contributed by atoms with Crippen LogP contribution in [0.15, 0.2) is 51.6 Å². The molecule has 128 valence electrons. The number of aliphatic imine (C=N–C) groups is 1. The molecule has 0 aliphatic carbocycles. The van der Waals surface area contributed by atoms with Crippen LogP contribution in [0.4, 0.5) is 0 Å². The Labute approximate surface area is 158 Å². The zero-order valence-corrected chi connectivity index (χ0v) is 15.7. The van der Waals surface area contributed by atoms with Gasteiger partial charge in [0.05, 0.1) is 24.8 Å². The number of benzene rings is 2. The molecule has 1 aliphatic rings. The van der Waals surface area contributed by atoms with Gasteiger partial charge in [0.15, 0.2) is 5.70 Å². The van der Waals surface area contributed by atoms with Gasteiger partial charge in [0.1, 0.15) is 11.5 Å². The first-order valence-electron chi connectivity index (χ1n) is 7.22. The maximum Gasteiger partial charge on any atom is 0.363 e. The Balaban J connectivity index is 1.99. The third-order valence-corrected chi connectivity index (χ3v) is 4.32. The van der Waals surface area contributed by atoms with Crippen LogP contribution >= 0.6 is 27.5 Å². The molecule has 3 rings (SSSR count). The van der Waals surface area contributed by atoms with Gasteiger partial charge in [0.25, 0.3) is 0 Å². The smallest absolute Gasteiger partial charge is 0.363 e. The molecule has 0 amide bonds. The topological polar surface area (TPSA) is 57.1 Å². The third-order valence-electron chi connectivity index (χ3n) is 3.51. The van der Waals surface area contributed by atoms with E-state index in [0.29, 0.717) is 27.6 Å². The van der Waals surface area contributed by atoms with Crippen molar-refractivity contribution in [3.8, 4) is 11.5 Å². The van der Waals surface area contributed by atoms with Crippen molar-refractivity contribution in [2.45, 2.75) is 0 Å². The lowest BCUT2D eigenvalue weighted by atomic mass is 10.1. The fourth-order valence-corrected chi connectivity index (χ4v) is 2.92. The van der Waals surface area contributed by atoms with Crippen LogP contribution in [-0.2, 0) is 9.53 Å². The van der Waals surface area contributed by atoms with Crippen LogP contribution in [0.2, 0.25) is 5.02 Å². The second-order valence-corrected chi connectivity index (χ2v) is 6.39. The van der Waals surface area contributed by atoms with Crippen molar-refractivity contribution in [3.63, 3.8) is 0 Å². The number of esters is 1. The minimum atomic E-state index is -0.552. The maximum absolute atomic E-state index is 12.2. The highest BCUT2D eigenvalue weighted by molar-refractivity contribution is 9.10. The van der Waals surface area contributed by atoms with E-state index < -0.39 is 5.97 Å². The highest BCUT2D eigenvalue weighted by Gasteiger charge is 2.26. The number of cyclic esters (lactones) is 1. The van der Waals surface area contributed by atoms with E-state index in [1.807, 2.05) is 12.1 Å². The summed E-state index contributed by atoms with van der Waals surface area (Å²) in [4.78, 5) is 16.4. The number of ether oxygens (including phenoxy) is 3. The van der Waals surface area contributed by atoms with E-state index in [-0.39, 0.29) is 11.6 Å². The summed E-state index contributed by atoms with van der Waals surface area (Å²) in [5.74, 6) is 0.824. The molecule has 0 saturated carbocycles. The van der Waals surface area contributed by atoms with Crippen LogP contribution in [0.1, 0.15) is 11.1 Å². The Morgan fingerprint density at radius 3 is 2.64 bits per heavy atom. The molecule has 0 radical (unpaired) electrons. The summed E-state index contributed by atoms with van der Waals surface area (Å²) >= 11 is 9.61. The number of carbonyl (C=O) groups excluding carboxylic acids is 1. The van der Waals surface area contributed by atoms with Gasteiger partial charge in [-0.2, -0.15) is 0 Å². The average molecular weight is 423 g/mol. The lowest BCUT2D eigenvalue weighted by molar-refractivity contribution is -0.129. The Morgan fingerprint density at radius 2 is 1.96 bits per heavy atom. The number of carbonyl (C=O) groups is 1. The van der Waals surface area contributed by atoms with Gasteiger partial charge in [0, 0.05) is 10.0 Å². The molecule has 0 saturated heterocycles. The summed E-state index contributed by atoms with van der Waals surface area (Å²) < 4.78 is 16.5. The van der Waals surface area contributed by atoms with E-state index in [9.17, 15) is 4.79 Å². The number of hydrogen-bond donors (Lipinski definition) is 0. The fourth-order valence-electron chi connectivity index (χ4n) is 2.29. The molecule has 0 aromatic heterocycles. The molecule has 0 fully saturated rings. The highest BCUT2D eigenvalue weighted by atomic mass is 79.9. The van der Waals surface area contributed by atoms with Gasteiger partial charge in [-0.05, 0) is 42.5 Å². The minimum absolute atomic E-state index is 0.151. The van der Waals surface area contributed by atoms with Crippen LogP contribution in [0.3, 0.4) is 0 Å². The van der Waals surface area contributed by atoms with E-state index >= 15 is 0 Å². The lowest BCUT2D eigenvalue weighted by Crippen LogP contribution is -2.06. The predicted molar refractivity (Wildman–Crippen MR) is 99.3 cm³/mol. The largest absolute Gasteiger partial charge is 0.497 e. The molecule has 1 aliphatic heterocycles. The van der Waals surface area contributed by atoms with E-state index in [1.165, 1.54) is 0 Å². The van der Waals surface area contributed by atoms with Gasteiger partial charge >= 0.3 is 5.97 Å². The monoisotopic (exact) mass is 421 g/mol. The van der Waals surface area contributed by atoms with Gasteiger partial charge in [-0.25, -0.2) is 9.79 Å². The van der Waals surface area contributed by atoms with Crippen LogP contribution in [0.25, 0.3) is 6.08 Å². The SMILES string of the molecule is COc1ccc(C2=N/C(=C\c3cc(Br)ccc3OC)C(=O)O2)c(Cl)c1. The summed E-state index contributed by atoms with van der Waals surface area (Å²) in [7, 11) is 3.11. The second kappa shape index (κ2) is 7.29. The molecular formula is C18H13BrClNO4. The molecular weight excluding hydrogens is 410 g/mol. The second-order valence-electron chi connectivity index (χ2n) is 5.07. The molecule has 0 bridgehead atoms. The summed E-state index contributed by atoms with van der Waals surface area (Å²) in [6.45, 7) is 0.